The summed E-state index contributed by atoms with van der Waals surface area (Å²) in [4.78, 5) is 22.0. The van der Waals surface area contributed by atoms with Crippen molar-refractivity contribution in [2.24, 2.45) is 0 Å². The topological polar surface area (TPSA) is 78.7 Å². The van der Waals surface area contributed by atoms with E-state index >= 15 is 0 Å². The second-order valence-corrected chi connectivity index (χ2v) is 4.98. The van der Waals surface area contributed by atoms with Gasteiger partial charge in [-0.1, -0.05) is 23.2 Å². The van der Waals surface area contributed by atoms with Gasteiger partial charge in [-0.2, -0.15) is 0 Å². The van der Waals surface area contributed by atoms with E-state index in [4.69, 9.17) is 32.7 Å². The van der Waals surface area contributed by atoms with Crippen molar-refractivity contribution in [3.8, 4) is 5.75 Å². The average molecular weight is 336 g/mol. The Bertz CT molecular complexity index is 536. The standard InChI is InChI=1S/C13H15Cl2NO5/c1-3-21-11(17)6-8(7-16(18)19)12-10(20-2)5-4-9(14)13(12)15/h4-5,8H,3,6-7H2,1-2H3. The molecule has 0 aliphatic carbocycles. The van der Waals surface area contributed by atoms with E-state index in [0.717, 1.165) is 0 Å². The Morgan fingerprint density at radius 3 is 2.62 bits per heavy atom. The molecule has 0 N–H and O–H groups in total. The third kappa shape index (κ3) is 4.75. The molecule has 1 unspecified atom stereocenters. The zero-order chi connectivity index (χ0) is 16.0. The van der Waals surface area contributed by atoms with Gasteiger partial charge in [0.25, 0.3) is 0 Å². The zero-order valence-corrected chi connectivity index (χ0v) is 13.1. The number of carbonyl (C=O) groups excluding carboxylic acids is 1. The summed E-state index contributed by atoms with van der Waals surface area (Å²) in [5.41, 5.74) is 0.344. The van der Waals surface area contributed by atoms with Crippen LogP contribution < -0.4 is 4.74 Å². The Labute approximate surface area is 132 Å². The predicted octanol–water partition coefficient (Wildman–Crippen LogP) is 3.32. The van der Waals surface area contributed by atoms with Gasteiger partial charge in [-0.3, -0.25) is 14.9 Å². The summed E-state index contributed by atoms with van der Waals surface area (Å²) >= 11 is 12.1. The van der Waals surface area contributed by atoms with Crippen LogP contribution in [0.5, 0.6) is 5.75 Å². The van der Waals surface area contributed by atoms with Crippen molar-refractivity contribution in [1.29, 1.82) is 0 Å². The first kappa shape index (κ1) is 17.5. The largest absolute Gasteiger partial charge is 0.496 e. The summed E-state index contributed by atoms with van der Waals surface area (Å²) in [5, 5.41) is 11.2. The van der Waals surface area contributed by atoms with Gasteiger partial charge in [0.2, 0.25) is 6.54 Å². The van der Waals surface area contributed by atoms with Crippen LogP contribution in [0.1, 0.15) is 24.8 Å². The molecule has 6 nitrogen and oxygen atoms in total. The molecule has 0 aliphatic heterocycles. The number of hydrogen-bond donors (Lipinski definition) is 0. The van der Waals surface area contributed by atoms with E-state index in [1.54, 1.807) is 13.0 Å². The molecular formula is C13H15Cl2NO5. The SMILES string of the molecule is CCOC(=O)CC(C[N+](=O)[O-])c1c(OC)ccc(Cl)c1Cl. The van der Waals surface area contributed by atoms with Gasteiger partial charge < -0.3 is 9.47 Å². The maximum Gasteiger partial charge on any atom is 0.306 e. The van der Waals surface area contributed by atoms with Crippen molar-refractivity contribution >= 4 is 29.2 Å². The molecule has 8 heteroatoms. The van der Waals surface area contributed by atoms with Crippen LogP contribution in [0.2, 0.25) is 10.0 Å². The fourth-order valence-corrected chi connectivity index (χ4v) is 2.44. The third-order valence-electron chi connectivity index (χ3n) is 2.81. The first-order valence-electron chi connectivity index (χ1n) is 6.20. The van der Waals surface area contributed by atoms with E-state index in [1.165, 1.54) is 13.2 Å². The predicted molar refractivity (Wildman–Crippen MR) is 78.9 cm³/mol. The van der Waals surface area contributed by atoms with Crippen molar-refractivity contribution in [2.45, 2.75) is 19.3 Å². The van der Waals surface area contributed by atoms with Crippen molar-refractivity contribution in [1.82, 2.24) is 0 Å². The minimum Gasteiger partial charge on any atom is -0.496 e. The normalized spacial score (nSPS) is 11.8. The molecule has 21 heavy (non-hydrogen) atoms. The molecule has 1 aromatic rings. The number of nitro groups is 1. The Hall–Kier alpha value is -1.53. The van der Waals surface area contributed by atoms with Crippen LogP contribution in [0.25, 0.3) is 0 Å². The molecule has 0 aromatic heterocycles. The van der Waals surface area contributed by atoms with Crippen LogP contribution in [0, 0.1) is 10.1 Å². The highest BCUT2D eigenvalue weighted by Gasteiger charge is 2.28. The number of halogens is 2. The monoisotopic (exact) mass is 335 g/mol. The first-order chi connectivity index (χ1) is 9.90. The lowest BCUT2D eigenvalue weighted by Crippen LogP contribution is -2.19. The van der Waals surface area contributed by atoms with Crippen molar-refractivity contribution < 1.29 is 19.2 Å². The summed E-state index contributed by atoms with van der Waals surface area (Å²) < 4.78 is 10.0. The minimum atomic E-state index is -0.778. The molecule has 1 rings (SSSR count). The first-order valence-corrected chi connectivity index (χ1v) is 6.95. The summed E-state index contributed by atoms with van der Waals surface area (Å²) in [5.74, 6) is -0.969. The van der Waals surface area contributed by atoms with Gasteiger partial charge >= 0.3 is 5.97 Å². The van der Waals surface area contributed by atoms with E-state index in [9.17, 15) is 14.9 Å². The lowest BCUT2D eigenvalue weighted by Gasteiger charge is -2.18. The number of carbonyl (C=O) groups is 1. The summed E-state index contributed by atoms with van der Waals surface area (Å²) in [6.07, 6.45) is -0.175. The van der Waals surface area contributed by atoms with Crippen LogP contribution in [0.15, 0.2) is 12.1 Å². The van der Waals surface area contributed by atoms with Gasteiger partial charge in [0.1, 0.15) is 5.75 Å². The molecule has 0 aliphatic rings. The number of esters is 1. The molecule has 116 valence electrons. The highest BCUT2D eigenvalue weighted by atomic mass is 35.5. The van der Waals surface area contributed by atoms with Crippen molar-refractivity contribution in [3.63, 3.8) is 0 Å². The van der Waals surface area contributed by atoms with Crippen LogP contribution in [0.4, 0.5) is 0 Å². The molecule has 0 bridgehead atoms. The molecule has 0 radical (unpaired) electrons. The van der Waals surface area contributed by atoms with E-state index in [-0.39, 0.29) is 23.1 Å². The summed E-state index contributed by atoms with van der Waals surface area (Å²) in [6.45, 7) is 1.38. The van der Waals surface area contributed by atoms with Gasteiger partial charge in [-0.25, -0.2) is 0 Å². The van der Waals surface area contributed by atoms with Crippen LogP contribution in [-0.2, 0) is 9.53 Å². The second-order valence-electron chi connectivity index (χ2n) is 4.20. The van der Waals surface area contributed by atoms with Crippen LogP contribution in [0.3, 0.4) is 0 Å². The second kappa shape index (κ2) is 8.05. The Balaban J connectivity index is 3.21. The third-order valence-corrected chi connectivity index (χ3v) is 3.63. The number of benzene rings is 1. The van der Waals surface area contributed by atoms with Gasteiger partial charge in [-0.05, 0) is 19.1 Å². The number of methoxy groups -OCH3 is 1. The maximum absolute atomic E-state index is 11.6. The molecule has 0 spiro atoms. The van der Waals surface area contributed by atoms with Gasteiger partial charge in [0.15, 0.2) is 0 Å². The number of ether oxygens (including phenoxy) is 2. The fraction of sp³-hybridized carbons (Fsp3) is 0.462. The van der Waals surface area contributed by atoms with Crippen LogP contribution >= 0.6 is 23.2 Å². The van der Waals surface area contributed by atoms with Crippen molar-refractivity contribution in [3.05, 3.63) is 37.9 Å². The highest BCUT2D eigenvalue weighted by Crippen LogP contribution is 2.39. The smallest absolute Gasteiger partial charge is 0.306 e. The van der Waals surface area contributed by atoms with Gasteiger partial charge in [0.05, 0.1) is 36.1 Å². The van der Waals surface area contributed by atoms with E-state index in [0.29, 0.717) is 11.3 Å². The molecule has 0 saturated heterocycles. The quantitative estimate of drug-likeness (QED) is 0.434. The zero-order valence-electron chi connectivity index (χ0n) is 11.6. The van der Waals surface area contributed by atoms with E-state index in [1.807, 2.05) is 0 Å². The molecule has 0 heterocycles. The molecule has 1 aromatic carbocycles. The van der Waals surface area contributed by atoms with E-state index in [2.05, 4.69) is 0 Å². The molecule has 1 atom stereocenters. The average Bonchev–Trinajstić information content (AvgIpc) is 2.40. The van der Waals surface area contributed by atoms with Gasteiger partial charge in [0, 0.05) is 10.5 Å². The Morgan fingerprint density at radius 1 is 1.43 bits per heavy atom. The molecule has 0 amide bonds. The van der Waals surface area contributed by atoms with Crippen molar-refractivity contribution in [2.75, 3.05) is 20.3 Å². The van der Waals surface area contributed by atoms with Crippen LogP contribution in [-0.4, -0.2) is 31.2 Å². The van der Waals surface area contributed by atoms with E-state index < -0.39 is 23.4 Å². The molecule has 0 fully saturated rings. The highest BCUT2D eigenvalue weighted by molar-refractivity contribution is 6.42. The number of rotatable bonds is 7. The summed E-state index contributed by atoms with van der Waals surface area (Å²) in [7, 11) is 1.41. The Kier molecular flexibility index (Phi) is 6.71. The molecular weight excluding hydrogens is 321 g/mol. The lowest BCUT2D eigenvalue weighted by atomic mass is 9.94. The number of hydrogen-bond acceptors (Lipinski definition) is 5. The Morgan fingerprint density at radius 2 is 2.10 bits per heavy atom. The van der Waals surface area contributed by atoms with Gasteiger partial charge in [-0.15, -0.1) is 0 Å². The molecule has 0 saturated carbocycles. The maximum atomic E-state index is 11.6. The lowest BCUT2D eigenvalue weighted by molar-refractivity contribution is -0.483. The number of nitrogens with zero attached hydrogens (tertiary/aromatic N) is 1. The minimum absolute atomic E-state index is 0.146. The summed E-state index contributed by atoms with van der Waals surface area (Å²) in [6, 6.07) is 3.08. The fourth-order valence-electron chi connectivity index (χ4n) is 1.97.